The number of hydrogen-bond acceptors (Lipinski definition) is 5. The first-order chi connectivity index (χ1) is 9.74. The number of rotatable bonds is 7. The van der Waals surface area contributed by atoms with Crippen LogP contribution < -0.4 is 10.6 Å². The Morgan fingerprint density at radius 1 is 1.55 bits per heavy atom. The highest BCUT2D eigenvalue weighted by molar-refractivity contribution is 7.98. The summed E-state index contributed by atoms with van der Waals surface area (Å²) in [6, 6.07) is 3.58. The van der Waals surface area contributed by atoms with Crippen LogP contribution in [0.1, 0.15) is 12.2 Å². The predicted octanol–water partition coefficient (Wildman–Crippen LogP) is 1.85. The van der Waals surface area contributed by atoms with Gasteiger partial charge in [-0.25, -0.2) is 4.79 Å². The van der Waals surface area contributed by atoms with Crippen LogP contribution in [-0.2, 0) is 12.8 Å². The van der Waals surface area contributed by atoms with Gasteiger partial charge in [-0.2, -0.15) is 11.8 Å². The number of anilines is 1. The molecule has 0 radical (unpaired) electrons. The number of hydrogen-bond donors (Lipinski definition) is 2. The molecule has 0 spiro atoms. The molecule has 0 aromatic carbocycles. The normalized spacial score (nSPS) is 10.4. The Morgan fingerprint density at radius 2 is 2.45 bits per heavy atom. The Bertz CT molecular complexity index is 526. The maximum Gasteiger partial charge on any atom is 0.320 e. The highest BCUT2D eigenvalue weighted by atomic mass is 32.2. The zero-order valence-corrected chi connectivity index (χ0v) is 12.0. The molecule has 2 heterocycles. The maximum absolute atomic E-state index is 11.5. The van der Waals surface area contributed by atoms with Gasteiger partial charge < -0.3 is 9.73 Å². The molecule has 108 valence electrons. The summed E-state index contributed by atoms with van der Waals surface area (Å²) >= 11 is 1.78. The van der Waals surface area contributed by atoms with Crippen molar-refractivity contribution in [2.45, 2.75) is 12.2 Å². The summed E-state index contributed by atoms with van der Waals surface area (Å²) in [5.74, 6) is 3.24. The lowest BCUT2D eigenvalue weighted by molar-refractivity contribution is 0.252. The van der Waals surface area contributed by atoms with E-state index >= 15 is 0 Å². The molecule has 8 heteroatoms. The number of nitrogens with zero attached hydrogens (tertiary/aromatic N) is 3. The van der Waals surface area contributed by atoms with Gasteiger partial charge in [-0.05, 0) is 24.3 Å². The van der Waals surface area contributed by atoms with Crippen molar-refractivity contribution in [3.05, 3.63) is 30.4 Å². The van der Waals surface area contributed by atoms with Crippen molar-refractivity contribution in [2.75, 3.05) is 17.6 Å². The summed E-state index contributed by atoms with van der Waals surface area (Å²) in [7, 11) is 1.74. The topological polar surface area (TPSA) is 85.0 Å². The fourth-order valence-corrected chi connectivity index (χ4v) is 2.37. The maximum atomic E-state index is 11.5. The van der Waals surface area contributed by atoms with Crippen LogP contribution in [0, 0.1) is 0 Å². The van der Waals surface area contributed by atoms with Crippen LogP contribution in [0.2, 0.25) is 0 Å². The van der Waals surface area contributed by atoms with Crippen molar-refractivity contribution in [3.8, 4) is 0 Å². The number of thioether (sulfide) groups is 1. The van der Waals surface area contributed by atoms with Crippen molar-refractivity contribution in [1.82, 2.24) is 20.3 Å². The first kappa shape index (κ1) is 14.4. The number of aromatic nitrogens is 3. The van der Waals surface area contributed by atoms with Crippen molar-refractivity contribution in [3.63, 3.8) is 0 Å². The Morgan fingerprint density at radius 3 is 3.15 bits per heavy atom. The van der Waals surface area contributed by atoms with E-state index in [1.54, 1.807) is 31.3 Å². The number of aryl methyl sites for hydroxylation is 1. The molecule has 2 amide bonds. The molecule has 0 aliphatic heterocycles. The first-order valence-corrected chi connectivity index (χ1v) is 7.41. The number of amides is 2. The Kier molecular flexibility index (Phi) is 5.48. The van der Waals surface area contributed by atoms with Crippen LogP contribution in [0.15, 0.2) is 29.0 Å². The molecule has 0 unspecified atom stereocenters. The molecule has 0 aliphatic carbocycles. The van der Waals surface area contributed by atoms with Gasteiger partial charge in [0.15, 0.2) is 5.82 Å². The number of furan rings is 1. The zero-order chi connectivity index (χ0) is 14.2. The number of carbonyl (C=O) groups excluding carboxylic acids is 1. The van der Waals surface area contributed by atoms with Crippen LogP contribution in [0.4, 0.5) is 10.6 Å². The number of carbonyl (C=O) groups is 1. The van der Waals surface area contributed by atoms with E-state index in [-0.39, 0.29) is 6.03 Å². The van der Waals surface area contributed by atoms with Crippen molar-refractivity contribution >= 4 is 23.6 Å². The number of nitrogens with one attached hydrogen (secondary N) is 2. The van der Waals surface area contributed by atoms with Crippen LogP contribution in [0.3, 0.4) is 0 Å². The second-order valence-electron chi connectivity index (χ2n) is 4.14. The average molecular weight is 295 g/mol. The molecule has 2 N–H and O–H groups in total. The summed E-state index contributed by atoms with van der Waals surface area (Å²) in [5, 5.41) is 12.9. The quantitative estimate of drug-likeness (QED) is 0.761. The highest BCUT2D eigenvalue weighted by Gasteiger charge is 2.03. The molecule has 2 aromatic heterocycles. The third kappa shape index (κ3) is 4.96. The van der Waals surface area contributed by atoms with Crippen LogP contribution in [0.25, 0.3) is 0 Å². The van der Waals surface area contributed by atoms with Gasteiger partial charge in [0.2, 0.25) is 0 Å². The minimum atomic E-state index is -0.262. The molecule has 0 fully saturated rings. The predicted molar refractivity (Wildman–Crippen MR) is 77.5 cm³/mol. The third-order valence-electron chi connectivity index (χ3n) is 2.42. The SMILES string of the molecule is Cn1cc(NC(=O)NCCCSCc2ccco2)nn1. The van der Waals surface area contributed by atoms with E-state index in [1.165, 1.54) is 4.68 Å². The first-order valence-electron chi connectivity index (χ1n) is 6.25. The lowest BCUT2D eigenvalue weighted by atomic mass is 10.5. The molecule has 0 saturated heterocycles. The minimum Gasteiger partial charge on any atom is -0.468 e. The van der Waals surface area contributed by atoms with Gasteiger partial charge in [0.1, 0.15) is 5.76 Å². The standard InChI is InChI=1S/C12H17N5O2S/c1-17-8-11(15-16-17)14-12(18)13-5-3-7-20-9-10-4-2-6-19-10/h2,4,6,8H,3,5,7,9H2,1H3,(H2,13,14,18). The lowest BCUT2D eigenvalue weighted by Crippen LogP contribution is -2.29. The summed E-state index contributed by atoms with van der Waals surface area (Å²) in [5.41, 5.74) is 0. The molecule has 0 saturated carbocycles. The third-order valence-corrected chi connectivity index (χ3v) is 3.49. The lowest BCUT2D eigenvalue weighted by Gasteiger charge is -2.04. The van der Waals surface area contributed by atoms with Gasteiger partial charge >= 0.3 is 6.03 Å². The molecular formula is C12H17N5O2S. The zero-order valence-electron chi connectivity index (χ0n) is 11.2. The van der Waals surface area contributed by atoms with Gasteiger partial charge in [0.05, 0.1) is 18.2 Å². The summed E-state index contributed by atoms with van der Waals surface area (Å²) in [6.45, 7) is 0.622. The fraction of sp³-hybridized carbons (Fsp3) is 0.417. The number of urea groups is 1. The molecular weight excluding hydrogens is 278 g/mol. The van der Waals surface area contributed by atoms with Crippen LogP contribution >= 0.6 is 11.8 Å². The molecule has 20 heavy (non-hydrogen) atoms. The summed E-state index contributed by atoms with van der Waals surface area (Å²) < 4.78 is 6.76. The van der Waals surface area contributed by atoms with Gasteiger partial charge in [-0.3, -0.25) is 10.00 Å². The van der Waals surface area contributed by atoms with Gasteiger partial charge in [-0.1, -0.05) is 5.21 Å². The Balaban J connectivity index is 1.51. The summed E-state index contributed by atoms with van der Waals surface area (Å²) in [4.78, 5) is 11.5. The highest BCUT2D eigenvalue weighted by Crippen LogP contribution is 2.12. The van der Waals surface area contributed by atoms with E-state index in [0.29, 0.717) is 12.4 Å². The van der Waals surface area contributed by atoms with Gasteiger partial charge in [0.25, 0.3) is 0 Å². The van der Waals surface area contributed by atoms with Crippen LogP contribution in [-0.4, -0.2) is 33.3 Å². The largest absolute Gasteiger partial charge is 0.468 e. The molecule has 7 nitrogen and oxygen atoms in total. The van der Waals surface area contributed by atoms with E-state index in [0.717, 1.165) is 23.7 Å². The molecule has 2 aromatic rings. The van der Waals surface area contributed by atoms with Crippen molar-refractivity contribution in [1.29, 1.82) is 0 Å². The average Bonchev–Trinajstić information content (AvgIpc) is 3.05. The van der Waals surface area contributed by atoms with E-state index in [1.807, 2.05) is 12.1 Å². The smallest absolute Gasteiger partial charge is 0.320 e. The minimum absolute atomic E-state index is 0.262. The van der Waals surface area contributed by atoms with E-state index in [2.05, 4.69) is 20.9 Å². The van der Waals surface area contributed by atoms with E-state index < -0.39 is 0 Å². The molecule has 0 atom stereocenters. The van der Waals surface area contributed by atoms with Crippen molar-refractivity contribution < 1.29 is 9.21 Å². The molecule has 2 rings (SSSR count). The van der Waals surface area contributed by atoms with Gasteiger partial charge in [-0.15, -0.1) is 5.10 Å². The Hall–Kier alpha value is -1.96. The Labute approximate surface area is 121 Å². The summed E-state index contributed by atoms with van der Waals surface area (Å²) in [6.07, 6.45) is 4.21. The monoisotopic (exact) mass is 295 g/mol. The fourth-order valence-electron chi connectivity index (χ4n) is 1.51. The van der Waals surface area contributed by atoms with Crippen molar-refractivity contribution in [2.24, 2.45) is 7.05 Å². The van der Waals surface area contributed by atoms with E-state index in [9.17, 15) is 4.79 Å². The van der Waals surface area contributed by atoms with Crippen LogP contribution in [0.5, 0.6) is 0 Å². The van der Waals surface area contributed by atoms with E-state index in [4.69, 9.17) is 4.42 Å². The molecule has 0 bridgehead atoms. The second-order valence-corrected chi connectivity index (χ2v) is 5.25. The molecule has 0 aliphatic rings. The van der Waals surface area contributed by atoms with Gasteiger partial charge in [0, 0.05) is 13.6 Å². The second kappa shape index (κ2) is 7.59.